The lowest BCUT2D eigenvalue weighted by atomic mass is 9.63. The van der Waals surface area contributed by atoms with Crippen molar-refractivity contribution in [3.63, 3.8) is 0 Å². The lowest BCUT2D eigenvalue weighted by molar-refractivity contribution is -0.142. The Morgan fingerprint density at radius 1 is 1.12 bits per heavy atom. The molecule has 1 aliphatic carbocycles. The van der Waals surface area contributed by atoms with Crippen molar-refractivity contribution in [1.29, 1.82) is 0 Å². The Balaban J connectivity index is 1.62. The summed E-state index contributed by atoms with van der Waals surface area (Å²) in [4.78, 5) is 17.3. The van der Waals surface area contributed by atoms with Crippen LogP contribution in [-0.4, -0.2) is 68.9 Å². The molecule has 138 valence electrons. The predicted octanol–water partition coefficient (Wildman–Crippen LogP) is 2.06. The quantitative estimate of drug-likeness (QED) is 0.719. The molecule has 1 aromatic carbocycles. The SMILES string of the molecule is CS(=O)(=O)CCN1CCN(C(=O)C2(c3ccc(Br)cc3)CCC2)CC1. The van der Waals surface area contributed by atoms with Crippen LogP contribution in [0.3, 0.4) is 0 Å². The Morgan fingerprint density at radius 3 is 2.20 bits per heavy atom. The summed E-state index contributed by atoms with van der Waals surface area (Å²) in [6, 6.07) is 8.13. The molecule has 5 nitrogen and oxygen atoms in total. The highest BCUT2D eigenvalue weighted by atomic mass is 79.9. The normalized spacial score (nSPS) is 21.0. The standard InChI is InChI=1S/C18H25BrN2O3S/c1-25(23,24)14-13-20-9-11-21(12-10-20)17(22)18(7-2-8-18)15-3-5-16(19)6-4-15/h3-6H,2,7-14H2,1H3. The number of carbonyl (C=O) groups is 1. The van der Waals surface area contributed by atoms with E-state index in [-0.39, 0.29) is 17.1 Å². The van der Waals surface area contributed by atoms with Gasteiger partial charge in [0.2, 0.25) is 5.91 Å². The van der Waals surface area contributed by atoms with E-state index in [0.29, 0.717) is 19.6 Å². The van der Waals surface area contributed by atoms with Crippen molar-refractivity contribution in [2.24, 2.45) is 0 Å². The van der Waals surface area contributed by atoms with Crippen LogP contribution in [0.1, 0.15) is 24.8 Å². The third-order valence-electron chi connectivity index (χ3n) is 5.45. The van der Waals surface area contributed by atoms with E-state index in [1.165, 1.54) is 6.26 Å². The maximum absolute atomic E-state index is 13.2. The first-order chi connectivity index (χ1) is 11.8. The van der Waals surface area contributed by atoms with E-state index in [9.17, 15) is 13.2 Å². The van der Waals surface area contributed by atoms with Gasteiger partial charge in [0.25, 0.3) is 0 Å². The third-order valence-corrected chi connectivity index (χ3v) is 6.90. The fraction of sp³-hybridized carbons (Fsp3) is 0.611. The zero-order valence-electron chi connectivity index (χ0n) is 14.6. The van der Waals surface area contributed by atoms with Gasteiger partial charge in [-0.3, -0.25) is 9.69 Å². The Labute approximate surface area is 158 Å². The lowest BCUT2D eigenvalue weighted by Crippen LogP contribution is -2.57. The molecule has 0 N–H and O–H groups in total. The van der Waals surface area contributed by atoms with E-state index in [0.717, 1.165) is 42.4 Å². The second kappa shape index (κ2) is 7.37. The van der Waals surface area contributed by atoms with E-state index >= 15 is 0 Å². The zero-order valence-corrected chi connectivity index (χ0v) is 17.0. The first-order valence-electron chi connectivity index (χ1n) is 8.76. The summed E-state index contributed by atoms with van der Waals surface area (Å²) in [5.74, 6) is 0.424. The molecule has 0 radical (unpaired) electrons. The molecule has 1 saturated heterocycles. The van der Waals surface area contributed by atoms with E-state index < -0.39 is 9.84 Å². The monoisotopic (exact) mass is 428 g/mol. The molecule has 7 heteroatoms. The molecule has 0 bridgehead atoms. The molecular formula is C18H25BrN2O3S. The second-order valence-corrected chi connectivity index (χ2v) is 10.4. The highest BCUT2D eigenvalue weighted by molar-refractivity contribution is 9.10. The predicted molar refractivity (Wildman–Crippen MR) is 102 cm³/mol. The van der Waals surface area contributed by atoms with Crippen LogP contribution in [0.15, 0.2) is 28.7 Å². The number of halogens is 1. The van der Waals surface area contributed by atoms with Crippen LogP contribution in [0, 0.1) is 0 Å². The van der Waals surface area contributed by atoms with Gasteiger partial charge in [-0.15, -0.1) is 0 Å². The zero-order chi connectivity index (χ0) is 18.1. The topological polar surface area (TPSA) is 57.7 Å². The summed E-state index contributed by atoms with van der Waals surface area (Å²) in [6.07, 6.45) is 4.20. The Kier molecular flexibility index (Phi) is 5.56. The fourth-order valence-electron chi connectivity index (χ4n) is 3.70. The molecule has 1 amide bonds. The molecule has 25 heavy (non-hydrogen) atoms. The van der Waals surface area contributed by atoms with Gasteiger partial charge < -0.3 is 4.90 Å². The van der Waals surface area contributed by atoms with Crippen LogP contribution in [0.2, 0.25) is 0 Å². The average molecular weight is 429 g/mol. The number of rotatable bonds is 5. The Hall–Kier alpha value is -0.920. The number of hydrogen-bond acceptors (Lipinski definition) is 4. The second-order valence-electron chi connectivity index (χ2n) is 7.21. The van der Waals surface area contributed by atoms with Gasteiger partial charge in [0, 0.05) is 43.5 Å². The smallest absolute Gasteiger partial charge is 0.233 e. The Bertz CT molecular complexity index is 721. The van der Waals surface area contributed by atoms with Crippen molar-refractivity contribution in [3.8, 4) is 0 Å². The van der Waals surface area contributed by atoms with Crippen LogP contribution in [0.5, 0.6) is 0 Å². The molecule has 1 saturated carbocycles. The van der Waals surface area contributed by atoms with Gasteiger partial charge in [-0.05, 0) is 30.5 Å². The maximum atomic E-state index is 13.2. The van der Waals surface area contributed by atoms with Gasteiger partial charge in [-0.25, -0.2) is 8.42 Å². The van der Waals surface area contributed by atoms with Gasteiger partial charge in [0.1, 0.15) is 9.84 Å². The van der Waals surface area contributed by atoms with Gasteiger partial charge in [0.05, 0.1) is 11.2 Å². The van der Waals surface area contributed by atoms with Gasteiger partial charge in [-0.2, -0.15) is 0 Å². The van der Waals surface area contributed by atoms with E-state index in [2.05, 4.69) is 33.0 Å². The number of piperazine rings is 1. The van der Waals surface area contributed by atoms with Gasteiger partial charge >= 0.3 is 0 Å². The highest BCUT2D eigenvalue weighted by Gasteiger charge is 2.47. The van der Waals surface area contributed by atoms with Crippen molar-refractivity contribution in [2.75, 3.05) is 44.7 Å². The number of nitrogens with zero attached hydrogens (tertiary/aromatic N) is 2. The third kappa shape index (κ3) is 4.26. The van der Waals surface area contributed by atoms with Crippen molar-refractivity contribution < 1.29 is 13.2 Å². The van der Waals surface area contributed by atoms with E-state index in [4.69, 9.17) is 0 Å². The highest BCUT2D eigenvalue weighted by Crippen LogP contribution is 2.45. The largest absolute Gasteiger partial charge is 0.339 e. The summed E-state index contributed by atoms with van der Waals surface area (Å²) >= 11 is 3.46. The molecule has 0 unspecified atom stereocenters. The van der Waals surface area contributed by atoms with Crippen molar-refractivity contribution in [2.45, 2.75) is 24.7 Å². The molecule has 1 aliphatic heterocycles. The minimum absolute atomic E-state index is 0.184. The number of sulfone groups is 1. The number of benzene rings is 1. The maximum Gasteiger partial charge on any atom is 0.233 e. The summed E-state index contributed by atoms with van der Waals surface area (Å²) in [6.45, 7) is 3.41. The molecule has 2 aliphatic rings. The molecule has 3 rings (SSSR count). The summed E-state index contributed by atoms with van der Waals surface area (Å²) in [5, 5.41) is 0. The molecule has 0 aromatic heterocycles. The number of carbonyl (C=O) groups excluding carboxylic acids is 1. The molecule has 1 aromatic rings. The van der Waals surface area contributed by atoms with Crippen molar-refractivity contribution in [3.05, 3.63) is 34.3 Å². The number of hydrogen-bond donors (Lipinski definition) is 0. The molecule has 1 heterocycles. The molecule has 0 atom stereocenters. The van der Waals surface area contributed by atoms with Crippen LogP contribution in [0.25, 0.3) is 0 Å². The van der Waals surface area contributed by atoms with Crippen molar-refractivity contribution >= 4 is 31.7 Å². The lowest BCUT2D eigenvalue weighted by Gasteiger charge is -2.46. The van der Waals surface area contributed by atoms with Crippen molar-refractivity contribution in [1.82, 2.24) is 9.80 Å². The average Bonchev–Trinajstić information content (AvgIpc) is 2.53. The molecule has 0 spiro atoms. The van der Waals surface area contributed by atoms with E-state index in [1.807, 2.05) is 17.0 Å². The van der Waals surface area contributed by atoms with Gasteiger partial charge in [-0.1, -0.05) is 34.5 Å². The summed E-state index contributed by atoms with van der Waals surface area (Å²) in [7, 11) is -2.94. The minimum atomic E-state index is -2.94. The summed E-state index contributed by atoms with van der Waals surface area (Å²) < 4.78 is 23.6. The van der Waals surface area contributed by atoms with Crippen LogP contribution in [0.4, 0.5) is 0 Å². The van der Waals surface area contributed by atoms with Gasteiger partial charge in [0.15, 0.2) is 0 Å². The number of amides is 1. The Morgan fingerprint density at radius 2 is 1.72 bits per heavy atom. The minimum Gasteiger partial charge on any atom is -0.339 e. The molecular weight excluding hydrogens is 404 g/mol. The first-order valence-corrected chi connectivity index (χ1v) is 11.6. The molecule has 2 fully saturated rings. The van der Waals surface area contributed by atoms with Crippen LogP contribution < -0.4 is 0 Å². The first kappa shape index (κ1) is 18.9. The fourth-order valence-corrected chi connectivity index (χ4v) is 4.55. The van der Waals surface area contributed by atoms with Crippen LogP contribution >= 0.6 is 15.9 Å². The van der Waals surface area contributed by atoms with E-state index in [1.54, 1.807) is 0 Å². The summed E-state index contributed by atoms with van der Waals surface area (Å²) in [5.41, 5.74) is 0.766. The van der Waals surface area contributed by atoms with Crippen LogP contribution in [-0.2, 0) is 20.0 Å².